The van der Waals surface area contributed by atoms with Crippen LogP contribution in [-0.2, 0) is 9.53 Å². The molecule has 0 aromatic heterocycles. The number of benzene rings is 1. The van der Waals surface area contributed by atoms with Crippen LogP contribution in [0.3, 0.4) is 0 Å². The molecule has 0 aliphatic heterocycles. The monoisotopic (exact) mass is 241 g/mol. The van der Waals surface area contributed by atoms with Crippen molar-refractivity contribution >= 4 is 23.3 Å². The van der Waals surface area contributed by atoms with E-state index in [-0.39, 0.29) is 0 Å². The highest BCUT2D eigenvalue weighted by Gasteiger charge is 2.00. The fourth-order valence-corrected chi connectivity index (χ4v) is 1.29. The van der Waals surface area contributed by atoms with E-state index in [1.54, 1.807) is 25.3 Å². The first kappa shape index (κ1) is 12.4. The Morgan fingerprint density at radius 2 is 2.19 bits per heavy atom. The largest absolute Gasteiger partial charge is 0.495 e. The number of anilines is 1. The van der Waals surface area contributed by atoms with Crippen molar-refractivity contribution in [3.63, 3.8) is 0 Å². The number of esters is 1. The zero-order valence-corrected chi connectivity index (χ0v) is 9.75. The Kier molecular flexibility index (Phi) is 4.66. The van der Waals surface area contributed by atoms with Crippen LogP contribution in [0.4, 0.5) is 5.69 Å². The van der Waals surface area contributed by atoms with Gasteiger partial charge in [0.25, 0.3) is 0 Å². The molecule has 0 spiro atoms. The van der Waals surface area contributed by atoms with Crippen LogP contribution >= 0.6 is 11.6 Å². The van der Waals surface area contributed by atoms with Crippen molar-refractivity contribution in [2.75, 3.05) is 19.5 Å². The molecule has 0 fully saturated rings. The molecule has 0 aliphatic carbocycles. The summed E-state index contributed by atoms with van der Waals surface area (Å²) in [5.41, 5.74) is 0.756. The zero-order valence-electron chi connectivity index (χ0n) is 8.99. The molecule has 1 aromatic carbocycles. The van der Waals surface area contributed by atoms with Gasteiger partial charge in [0.15, 0.2) is 0 Å². The molecule has 86 valence electrons. The number of rotatable bonds is 4. The fourth-order valence-electron chi connectivity index (χ4n) is 1.03. The third-order valence-corrected chi connectivity index (χ3v) is 2.12. The SMILES string of the molecule is COC(=O)/C=C/Nc1ccc(OC)c(Cl)c1. The molecule has 0 radical (unpaired) electrons. The van der Waals surface area contributed by atoms with Crippen LogP contribution in [-0.4, -0.2) is 20.2 Å². The van der Waals surface area contributed by atoms with Gasteiger partial charge in [0, 0.05) is 18.0 Å². The van der Waals surface area contributed by atoms with Gasteiger partial charge in [-0.1, -0.05) is 11.6 Å². The van der Waals surface area contributed by atoms with Gasteiger partial charge in [-0.15, -0.1) is 0 Å². The van der Waals surface area contributed by atoms with Crippen molar-refractivity contribution < 1.29 is 14.3 Å². The van der Waals surface area contributed by atoms with Gasteiger partial charge in [-0.3, -0.25) is 0 Å². The summed E-state index contributed by atoms with van der Waals surface area (Å²) in [5, 5.41) is 3.38. The van der Waals surface area contributed by atoms with E-state index >= 15 is 0 Å². The van der Waals surface area contributed by atoms with Gasteiger partial charge in [-0.25, -0.2) is 4.79 Å². The fraction of sp³-hybridized carbons (Fsp3) is 0.182. The van der Waals surface area contributed by atoms with Crippen molar-refractivity contribution in [3.8, 4) is 5.75 Å². The maximum atomic E-state index is 10.8. The van der Waals surface area contributed by atoms with Crippen molar-refractivity contribution in [3.05, 3.63) is 35.5 Å². The minimum Gasteiger partial charge on any atom is -0.495 e. The van der Waals surface area contributed by atoms with Crippen molar-refractivity contribution in [2.24, 2.45) is 0 Å². The molecule has 16 heavy (non-hydrogen) atoms. The quantitative estimate of drug-likeness (QED) is 0.650. The summed E-state index contributed by atoms with van der Waals surface area (Å²) in [6.07, 6.45) is 2.75. The van der Waals surface area contributed by atoms with E-state index in [0.29, 0.717) is 10.8 Å². The predicted molar refractivity (Wildman–Crippen MR) is 62.8 cm³/mol. The molecular weight excluding hydrogens is 230 g/mol. The number of halogens is 1. The van der Waals surface area contributed by atoms with Crippen LogP contribution in [0.15, 0.2) is 30.5 Å². The Morgan fingerprint density at radius 1 is 1.44 bits per heavy atom. The summed E-state index contributed by atoms with van der Waals surface area (Å²) in [5.74, 6) is 0.177. The molecule has 0 aliphatic rings. The molecule has 0 saturated heterocycles. The summed E-state index contributed by atoms with van der Waals surface area (Å²) in [6, 6.07) is 5.21. The number of methoxy groups -OCH3 is 2. The third-order valence-electron chi connectivity index (χ3n) is 1.82. The van der Waals surface area contributed by atoms with E-state index < -0.39 is 5.97 Å². The van der Waals surface area contributed by atoms with Gasteiger partial charge >= 0.3 is 5.97 Å². The molecule has 1 N–H and O–H groups in total. The topological polar surface area (TPSA) is 47.6 Å². The first-order chi connectivity index (χ1) is 7.67. The van der Waals surface area contributed by atoms with E-state index in [0.717, 1.165) is 5.69 Å². The van der Waals surface area contributed by atoms with Crippen LogP contribution in [0, 0.1) is 0 Å². The number of nitrogens with one attached hydrogen (secondary N) is 1. The second-order valence-electron chi connectivity index (χ2n) is 2.85. The number of carbonyl (C=O) groups excluding carboxylic acids is 1. The Morgan fingerprint density at radius 3 is 2.75 bits per heavy atom. The van der Waals surface area contributed by atoms with Crippen molar-refractivity contribution in [2.45, 2.75) is 0 Å². The lowest BCUT2D eigenvalue weighted by molar-refractivity contribution is -0.134. The Balaban J connectivity index is 2.65. The molecule has 0 heterocycles. The zero-order chi connectivity index (χ0) is 12.0. The average Bonchev–Trinajstić information content (AvgIpc) is 2.29. The molecule has 1 aromatic rings. The number of ether oxygens (including phenoxy) is 2. The van der Waals surface area contributed by atoms with Gasteiger partial charge in [0.05, 0.1) is 19.2 Å². The molecule has 0 unspecified atom stereocenters. The highest BCUT2D eigenvalue weighted by atomic mass is 35.5. The summed E-state index contributed by atoms with van der Waals surface area (Å²) < 4.78 is 9.44. The van der Waals surface area contributed by atoms with E-state index in [2.05, 4.69) is 10.1 Å². The first-order valence-electron chi connectivity index (χ1n) is 4.52. The molecule has 0 amide bonds. The standard InChI is InChI=1S/C11H12ClNO3/c1-15-10-4-3-8(7-9(10)12)13-6-5-11(14)16-2/h3-7,13H,1-2H3/b6-5+. The highest BCUT2D eigenvalue weighted by molar-refractivity contribution is 6.32. The Bertz CT molecular complexity index is 404. The molecule has 0 saturated carbocycles. The van der Waals surface area contributed by atoms with Crippen LogP contribution < -0.4 is 10.1 Å². The second kappa shape index (κ2) is 6.02. The summed E-state index contributed by atoms with van der Waals surface area (Å²) in [7, 11) is 2.86. The smallest absolute Gasteiger partial charge is 0.331 e. The van der Waals surface area contributed by atoms with Gasteiger partial charge in [0.1, 0.15) is 5.75 Å². The number of hydrogen-bond donors (Lipinski definition) is 1. The minimum absolute atomic E-state index is 0.424. The molecule has 4 nitrogen and oxygen atoms in total. The maximum absolute atomic E-state index is 10.8. The van der Waals surface area contributed by atoms with Gasteiger partial charge < -0.3 is 14.8 Å². The molecule has 0 atom stereocenters. The Hall–Kier alpha value is -1.68. The van der Waals surface area contributed by atoms with E-state index in [4.69, 9.17) is 16.3 Å². The minimum atomic E-state index is -0.424. The van der Waals surface area contributed by atoms with Crippen LogP contribution in [0.5, 0.6) is 5.75 Å². The molecular formula is C11H12ClNO3. The Labute approximate surface area is 98.8 Å². The van der Waals surface area contributed by atoms with Gasteiger partial charge in [-0.05, 0) is 18.2 Å². The van der Waals surface area contributed by atoms with Crippen LogP contribution in [0.1, 0.15) is 0 Å². The van der Waals surface area contributed by atoms with Crippen LogP contribution in [0.2, 0.25) is 5.02 Å². The number of carbonyl (C=O) groups is 1. The van der Waals surface area contributed by atoms with Gasteiger partial charge in [-0.2, -0.15) is 0 Å². The van der Waals surface area contributed by atoms with Crippen LogP contribution in [0.25, 0.3) is 0 Å². The van der Waals surface area contributed by atoms with E-state index in [9.17, 15) is 4.79 Å². The first-order valence-corrected chi connectivity index (χ1v) is 4.89. The molecule has 1 rings (SSSR count). The average molecular weight is 242 g/mol. The lowest BCUT2D eigenvalue weighted by atomic mass is 10.3. The highest BCUT2D eigenvalue weighted by Crippen LogP contribution is 2.27. The van der Waals surface area contributed by atoms with E-state index in [1.165, 1.54) is 19.4 Å². The predicted octanol–water partition coefficient (Wildman–Crippen LogP) is 2.45. The normalized spacial score (nSPS) is 10.2. The summed E-state index contributed by atoms with van der Waals surface area (Å²) in [6.45, 7) is 0. The third kappa shape index (κ3) is 3.47. The lowest BCUT2D eigenvalue weighted by Crippen LogP contribution is -1.96. The maximum Gasteiger partial charge on any atom is 0.331 e. The summed E-state index contributed by atoms with van der Waals surface area (Å²) >= 11 is 5.92. The lowest BCUT2D eigenvalue weighted by Gasteiger charge is -2.05. The second-order valence-corrected chi connectivity index (χ2v) is 3.26. The number of hydrogen-bond acceptors (Lipinski definition) is 4. The molecule has 5 heteroatoms. The van der Waals surface area contributed by atoms with E-state index in [1.807, 2.05) is 0 Å². The van der Waals surface area contributed by atoms with Gasteiger partial charge in [0.2, 0.25) is 0 Å². The van der Waals surface area contributed by atoms with Crippen molar-refractivity contribution in [1.29, 1.82) is 0 Å². The molecule has 0 bridgehead atoms. The van der Waals surface area contributed by atoms with Crippen molar-refractivity contribution in [1.82, 2.24) is 0 Å². The summed E-state index contributed by atoms with van der Waals surface area (Å²) in [4.78, 5) is 10.8.